The van der Waals surface area contributed by atoms with Crippen LogP contribution in [0.15, 0.2) is 11.1 Å². The van der Waals surface area contributed by atoms with Gasteiger partial charge < -0.3 is 15.0 Å². The molecule has 98 valence electrons. The van der Waals surface area contributed by atoms with Crippen molar-refractivity contribution in [1.82, 2.24) is 0 Å². The lowest BCUT2D eigenvalue weighted by Gasteiger charge is -2.03. The van der Waals surface area contributed by atoms with Gasteiger partial charge in [-0.05, 0) is 33.1 Å². The van der Waals surface area contributed by atoms with Crippen molar-refractivity contribution < 1.29 is 23.9 Å². The summed E-state index contributed by atoms with van der Waals surface area (Å²) in [6.07, 6.45) is 1.75. The highest BCUT2D eigenvalue weighted by molar-refractivity contribution is 6.41. The molecule has 6 heteroatoms. The fourth-order valence-corrected chi connectivity index (χ4v) is 1.87. The maximum atomic E-state index is 11.7. The average Bonchev–Trinajstić information content (AvgIpc) is 2.80. The zero-order valence-electron chi connectivity index (χ0n) is 10.6. The maximum Gasteiger partial charge on any atom is 0.421 e. The van der Waals surface area contributed by atoms with Gasteiger partial charge in [-0.3, -0.25) is 0 Å². The summed E-state index contributed by atoms with van der Waals surface area (Å²) in [5, 5.41) is 0. The molecule has 0 aliphatic heterocycles. The van der Waals surface area contributed by atoms with Crippen LogP contribution >= 0.6 is 0 Å². The summed E-state index contributed by atoms with van der Waals surface area (Å²) in [4.78, 5) is 26.2. The van der Waals surface area contributed by atoms with Gasteiger partial charge in [0.1, 0.15) is 0 Å². The zero-order valence-corrected chi connectivity index (χ0v) is 10.6. The highest BCUT2D eigenvalue weighted by atomic mass is 16.5. The molecule has 0 fully saturated rings. The predicted octanol–water partition coefficient (Wildman–Crippen LogP) is 1.26. The summed E-state index contributed by atoms with van der Waals surface area (Å²) in [5.41, 5.74) is 9.54. The number of hydrogen-bond donors (Lipinski definition) is 0. The summed E-state index contributed by atoms with van der Waals surface area (Å²) >= 11 is 0. The van der Waals surface area contributed by atoms with Crippen LogP contribution in [-0.2, 0) is 19.1 Å². The van der Waals surface area contributed by atoms with Gasteiger partial charge in [-0.25, -0.2) is 9.59 Å². The molecule has 0 heterocycles. The minimum Gasteiger partial charge on any atom is -0.463 e. The molecule has 1 aliphatic carbocycles. The summed E-state index contributed by atoms with van der Waals surface area (Å²) < 4.78 is 9.68. The first-order chi connectivity index (χ1) is 8.65. The second-order valence-electron chi connectivity index (χ2n) is 3.70. The first-order valence-corrected chi connectivity index (χ1v) is 5.94. The van der Waals surface area contributed by atoms with Crippen LogP contribution in [0.25, 0.3) is 5.53 Å². The molecule has 0 unspecified atom stereocenters. The van der Waals surface area contributed by atoms with Gasteiger partial charge in [-0.15, -0.1) is 0 Å². The van der Waals surface area contributed by atoms with Crippen molar-refractivity contribution in [3.63, 3.8) is 0 Å². The molecule has 0 aromatic rings. The quantitative estimate of drug-likeness (QED) is 0.319. The minimum absolute atomic E-state index is 0.180. The summed E-state index contributed by atoms with van der Waals surface area (Å²) in [7, 11) is 0. The van der Waals surface area contributed by atoms with Gasteiger partial charge in [0.25, 0.3) is 0 Å². The molecule has 0 radical (unpaired) electrons. The molecular weight excluding hydrogens is 236 g/mol. The van der Waals surface area contributed by atoms with E-state index in [2.05, 4.69) is 4.79 Å². The molecule has 0 amide bonds. The number of carbonyl (C=O) groups is 2. The third kappa shape index (κ3) is 3.05. The van der Waals surface area contributed by atoms with Gasteiger partial charge in [-0.2, -0.15) is 4.79 Å². The second-order valence-corrected chi connectivity index (χ2v) is 3.70. The monoisotopic (exact) mass is 252 g/mol. The minimum atomic E-state index is -0.723. The molecule has 0 saturated carbocycles. The van der Waals surface area contributed by atoms with E-state index in [1.165, 1.54) is 0 Å². The van der Waals surface area contributed by atoms with Crippen LogP contribution in [0.4, 0.5) is 0 Å². The summed E-state index contributed by atoms with van der Waals surface area (Å²) in [6.45, 7) is 3.81. The van der Waals surface area contributed by atoms with Crippen LogP contribution in [0.2, 0.25) is 0 Å². The van der Waals surface area contributed by atoms with Crippen LogP contribution in [-0.4, -0.2) is 35.7 Å². The fourth-order valence-electron chi connectivity index (χ4n) is 1.87. The lowest BCUT2D eigenvalue weighted by atomic mass is 10.1. The van der Waals surface area contributed by atoms with E-state index in [-0.39, 0.29) is 18.9 Å². The molecule has 0 spiro atoms. The first kappa shape index (κ1) is 14.1. The van der Waals surface area contributed by atoms with Crippen molar-refractivity contribution in [3.05, 3.63) is 16.7 Å². The Morgan fingerprint density at radius 2 is 1.78 bits per heavy atom. The lowest BCUT2D eigenvalue weighted by Crippen LogP contribution is -2.22. The number of carbonyl (C=O) groups excluding carboxylic acids is 2. The van der Waals surface area contributed by atoms with Gasteiger partial charge >= 0.3 is 17.7 Å². The van der Waals surface area contributed by atoms with Crippen molar-refractivity contribution in [2.45, 2.75) is 33.1 Å². The Hall–Kier alpha value is -1.94. The molecular formula is C12H16N2O4. The first-order valence-electron chi connectivity index (χ1n) is 5.94. The normalized spacial score (nSPS) is 14.1. The SMILES string of the molecule is CCOC(=O)C(=[N+]=[N-])C1=C(C(=O)OCC)CCC1. The number of ether oxygens (including phenoxy) is 2. The van der Waals surface area contributed by atoms with E-state index in [4.69, 9.17) is 15.0 Å². The molecule has 18 heavy (non-hydrogen) atoms. The van der Waals surface area contributed by atoms with Gasteiger partial charge in [0.15, 0.2) is 0 Å². The number of esters is 2. The Balaban J connectivity index is 3.03. The van der Waals surface area contributed by atoms with Crippen molar-refractivity contribution in [1.29, 1.82) is 0 Å². The molecule has 6 nitrogen and oxygen atoms in total. The van der Waals surface area contributed by atoms with E-state index < -0.39 is 11.9 Å². The third-order valence-electron chi connectivity index (χ3n) is 2.59. The van der Waals surface area contributed by atoms with Gasteiger partial charge in [0.2, 0.25) is 0 Å². The van der Waals surface area contributed by atoms with Gasteiger partial charge in [0, 0.05) is 5.57 Å². The fraction of sp³-hybridized carbons (Fsp3) is 0.583. The topological polar surface area (TPSA) is 89.0 Å². The van der Waals surface area contributed by atoms with Crippen LogP contribution < -0.4 is 0 Å². The third-order valence-corrected chi connectivity index (χ3v) is 2.59. The van der Waals surface area contributed by atoms with Crippen molar-refractivity contribution in [2.75, 3.05) is 13.2 Å². The molecule has 0 saturated heterocycles. The number of nitrogens with zero attached hydrogens (tertiary/aromatic N) is 2. The van der Waals surface area contributed by atoms with E-state index in [0.29, 0.717) is 24.0 Å². The van der Waals surface area contributed by atoms with Crippen LogP contribution in [0.3, 0.4) is 0 Å². The summed E-state index contributed by atoms with van der Waals surface area (Å²) in [6, 6.07) is 0. The largest absolute Gasteiger partial charge is 0.463 e. The van der Waals surface area contributed by atoms with Crippen molar-refractivity contribution >= 4 is 17.7 Å². The molecule has 0 atom stereocenters. The van der Waals surface area contributed by atoms with Crippen LogP contribution in [0.1, 0.15) is 33.1 Å². The standard InChI is InChI=1S/C12H16N2O4/c1-3-17-11(15)9-7-5-6-8(9)10(14-13)12(16)18-4-2/h3-7H2,1-2H3. The molecule has 0 aromatic heterocycles. The van der Waals surface area contributed by atoms with E-state index >= 15 is 0 Å². The Kier molecular flexibility index (Phi) is 5.27. The molecule has 1 aliphatic rings. The van der Waals surface area contributed by atoms with Gasteiger partial charge in [-0.1, -0.05) is 0 Å². The van der Waals surface area contributed by atoms with E-state index in [0.717, 1.165) is 6.42 Å². The van der Waals surface area contributed by atoms with Crippen molar-refractivity contribution in [3.8, 4) is 0 Å². The Morgan fingerprint density at radius 1 is 1.17 bits per heavy atom. The van der Waals surface area contributed by atoms with E-state index in [9.17, 15) is 9.59 Å². The zero-order chi connectivity index (χ0) is 13.5. The second kappa shape index (κ2) is 6.71. The Labute approximate surface area is 105 Å². The molecule has 0 aromatic carbocycles. The van der Waals surface area contributed by atoms with Crippen LogP contribution in [0, 0.1) is 0 Å². The predicted molar refractivity (Wildman–Crippen MR) is 62.8 cm³/mol. The number of rotatable bonds is 5. The molecule has 0 N–H and O–H groups in total. The highest BCUT2D eigenvalue weighted by Crippen LogP contribution is 2.28. The molecule has 0 bridgehead atoms. The number of hydrogen-bond acceptors (Lipinski definition) is 4. The highest BCUT2D eigenvalue weighted by Gasteiger charge is 2.35. The Morgan fingerprint density at radius 3 is 2.33 bits per heavy atom. The summed E-state index contributed by atoms with van der Waals surface area (Å²) in [5.74, 6) is -1.19. The lowest BCUT2D eigenvalue weighted by molar-refractivity contribution is -0.139. The average molecular weight is 252 g/mol. The van der Waals surface area contributed by atoms with Gasteiger partial charge in [0.05, 0.1) is 18.8 Å². The van der Waals surface area contributed by atoms with E-state index in [1.807, 2.05) is 0 Å². The Bertz CT molecular complexity index is 433. The van der Waals surface area contributed by atoms with Crippen LogP contribution in [0.5, 0.6) is 0 Å². The smallest absolute Gasteiger partial charge is 0.421 e. The van der Waals surface area contributed by atoms with E-state index in [1.54, 1.807) is 13.8 Å². The molecule has 1 rings (SSSR count). The van der Waals surface area contributed by atoms with Crippen molar-refractivity contribution in [2.24, 2.45) is 0 Å². The maximum absolute atomic E-state index is 11.7.